The molecule has 11 aromatic rings. The zero-order valence-electron chi connectivity index (χ0n) is 34.1. The summed E-state index contributed by atoms with van der Waals surface area (Å²) in [5, 5.41) is 4.45. The van der Waals surface area contributed by atoms with Gasteiger partial charge in [-0.05, 0) is 70.0 Å². The van der Waals surface area contributed by atoms with Gasteiger partial charge in [-0.25, -0.2) is 15.0 Å². The molecule has 62 heavy (non-hydrogen) atoms. The van der Waals surface area contributed by atoms with Crippen LogP contribution in [0.15, 0.2) is 207 Å². The Morgan fingerprint density at radius 1 is 0.339 bits per heavy atom. The minimum absolute atomic E-state index is 0.668. The molecule has 0 saturated carbocycles. The summed E-state index contributed by atoms with van der Waals surface area (Å²) in [5.74, 6) is 0.668. The molecule has 4 aromatic heterocycles. The normalized spacial score (nSPS) is 11.4. The van der Waals surface area contributed by atoms with Crippen molar-refractivity contribution in [2.45, 2.75) is 13.3 Å². The molecule has 292 valence electrons. The number of benzene rings is 7. The van der Waals surface area contributed by atoms with Gasteiger partial charge in [0.25, 0.3) is 0 Å². The van der Waals surface area contributed by atoms with E-state index < -0.39 is 0 Å². The van der Waals surface area contributed by atoms with Crippen LogP contribution < -0.4 is 0 Å². The highest BCUT2D eigenvalue weighted by Gasteiger charge is 2.15. The molecule has 0 N–H and O–H groups in total. The lowest BCUT2D eigenvalue weighted by molar-refractivity contribution is 1.06. The summed E-state index contributed by atoms with van der Waals surface area (Å²) >= 11 is 0. The molecule has 0 amide bonds. The largest absolute Gasteiger partial charge is 0.263 e. The fourth-order valence-corrected chi connectivity index (χ4v) is 8.47. The van der Waals surface area contributed by atoms with Crippen LogP contribution in [0.3, 0.4) is 0 Å². The minimum Gasteiger partial charge on any atom is -0.263 e. The maximum Gasteiger partial charge on any atom is 0.160 e. The monoisotopic (exact) mass is 793 g/mol. The van der Waals surface area contributed by atoms with Gasteiger partial charge >= 0.3 is 0 Å². The fourth-order valence-electron chi connectivity index (χ4n) is 8.47. The van der Waals surface area contributed by atoms with Crippen molar-refractivity contribution in [3.05, 3.63) is 212 Å². The van der Waals surface area contributed by atoms with E-state index in [4.69, 9.17) is 19.9 Å². The van der Waals surface area contributed by atoms with Crippen LogP contribution in [0.1, 0.15) is 12.6 Å². The molecular formula is C57H39N5. The molecule has 7 aromatic carbocycles. The molecule has 0 spiro atoms. The number of hydrogen-bond donors (Lipinski definition) is 0. The summed E-state index contributed by atoms with van der Waals surface area (Å²) in [7, 11) is 0. The Balaban J connectivity index is 0.947. The first kappa shape index (κ1) is 36.9. The number of nitrogens with zero attached hydrogens (tertiary/aromatic N) is 5. The third-order valence-corrected chi connectivity index (χ3v) is 11.7. The first-order chi connectivity index (χ1) is 30.6. The zero-order valence-corrected chi connectivity index (χ0v) is 34.1. The van der Waals surface area contributed by atoms with Crippen LogP contribution in [0.2, 0.25) is 0 Å². The number of aromatic nitrogens is 5. The lowest BCUT2D eigenvalue weighted by Crippen LogP contribution is -1.96. The molecule has 0 unspecified atom stereocenters. The van der Waals surface area contributed by atoms with Crippen molar-refractivity contribution in [3.63, 3.8) is 0 Å². The van der Waals surface area contributed by atoms with Gasteiger partial charge in [-0.3, -0.25) is 9.97 Å². The standard InChI is InChI=1S/C57H39N5/c1-2-47-33-50(38-13-5-3-6-14-38)49-29-27-41-28-30-52(60-55(41)56(49)59-47)44-20-11-18-42(31-44)37-23-25-40(26-24-37)54-34-53(39-15-7-4-8-16-39)61-57(62-54)45-21-12-19-43(32-45)51-36-58-35-46-17-9-10-22-48(46)51/h3-36H,2H2,1H3. The van der Waals surface area contributed by atoms with Gasteiger partial charge in [0.05, 0.1) is 28.1 Å². The summed E-state index contributed by atoms with van der Waals surface area (Å²) in [6.45, 7) is 2.16. The third kappa shape index (κ3) is 6.95. The summed E-state index contributed by atoms with van der Waals surface area (Å²) in [6, 6.07) is 67.9. The highest BCUT2D eigenvalue weighted by Crippen LogP contribution is 2.36. The van der Waals surface area contributed by atoms with E-state index in [2.05, 4.69) is 182 Å². The van der Waals surface area contributed by atoms with E-state index in [1.54, 1.807) is 0 Å². The van der Waals surface area contributed by atoms with Crippen molar-refractivity contribution in [1.29, 1.82) is 0 Å². The molecule has 0 atom stereocenters. The average Bonchev–Trinajstić information content (AvgIpc) is 3.36. The molecule has 0 aliphatic rings. The second kappa shape index (κ2) is 15.8. The lowest BCUT2D eigenvalue weighted by Gasteiger charge is -2.13. The SMILES string of the molecule is CCc1cc(-c2ccccc2)c2ccc3ccc(-c4cccc(-c5ccc(-c6cc(-c7ccccc7)nc(-c7cccc(-c8cncc9ccccc89)c7)n6)cc5)c4)nc3c2n1. The molecule has 0 fully saturated rings. The zero-order chi connectivity index (χ0) is 41.4. The molecule has 0 aliphatic heterocycles. The van der Waals surface area contributed by atoms with E-state index in [-0.39, 0.29) is 0 Å². The highest BCUT2D eigenvalue weighted by atomic mass is 14.9. The summed E-state index contributed by atoms with van der Waals surface area (Å²) in [5.41, 5.74) is 16.3. The summed E-state index contributed by atoms with van der Waals surface area (Å²) in [6.07, 6.45) is 4.69. The van der Waals surface area contributed by atoms with Crippen molar-refractivity contribution >= 4 is 32.6 Å². The average molecular weight is 794 g/mol. The van der Waals surface area contributed by atoms with Crippen LogP contribution >= 0.6 is 0 Å². The van der Waals surface area contributed by atoms with Crippen LogP contribution in [-0.4, -0.2) is 24.9 Å². The molecule has 0 aliphatic carbocycles. The number of rotatable bonds is 8. The second-order valence-electron chi connectivity index (χ2n) is 15.6. The van der Waals surface area contributed by atoms with Gasteiger partial charge in [0.1, 0.15) is 0 Å². The summed E-state index contributed by atoms with van der Waals surface area (Å²) in [4.78, 5) is 25.3. The van der Waals surface area contributed by atoms with Gasteiger partial charge in [0, 0.05) is 62.1 Å². The van der Waals surface area contributed by atoms with Gasteiger partial charge in [0.2, 0.25) is 0 Å². The van der Waals surface area contributed by atoms with Crippen LogP contribution in [0.4, 0.5) is 0 Å². The van der Waals surface area contributed by atoms with Crippen LogP contribution in [-0.2, 0) is 6.42 Å². The first-order valence-corrected chi connectivity index (χ1v) is 21.0. The number of fused-ring (bicyclic) bond motifs is 4. The number of aryl methyl sites for hydroxylation is 1. The Morgan fingerprint density at radius 2 is 0.968 bits per heavy atom. The van der Waals surface area contributed by atoms with Gasteiger partial charge < -0.3 is 0 Å². The maximum absolute atomic E-state index is 5.29. The number of pyridine rings is 3. The van der Waals surface area contributed by atoms with Crippen LogP contribution in [0.5, 0.6) is 0 Å². The molecule has 11 rings (SSSR count). The van der Waals surface area contributed by atoms with Gasteiger partial charge in [-0.2, -0.15) is 0 Å². The molecule has 5 heteroatoms. The van der Waals surface area contributed by atoms with E-state index in [1.807, 2.05) is 36.7 Å². The van der Waals surface area contributed by atoms with E-state index in [1.165, 1.54) is 11.1 Å². The lowest BCUT2D eigenvalue weighted by atomic mass is 9.97. The summed E-state index contributed by atoms with van der Waals surface area (Å²) < 4.78 is 0. The Hall–Kier alpha value is -8.15. The van der Waals surface area contributed by atoms with Gasteiger partial charge in [-0.15, -0.1) is 0 Å². The maximum atomic E-state index is 5.29. The van der Waals surface area contributed by atoms with Crippen LogP contribution in [0.25, 0.3) is 111 Å². The molecule has 0 bridgehead atoms. The molecule has 0 saturated heterocycles. The third-order valence-electron chi connectivity index (χ3n) is 11.7. The van der Waals surface area contributed by atoms with Crippen molar-refractivity contribution in [1.82, 2.24) is 24.9 Å². The Labute approximate surface area is 360 Å². The van der Waals surface area contributed by atoms with Crippen molar-refractivity contribution in [2.75, 3.05) is 0 Å². The smallest absolute Gasteiger partial charge is 0.160 e. The van der Waals surface area contributed by atoms with E-state index in [9.17, 15) is 0 Å². The first-order valence-electron chi connectivity index (χ1n) is 21.0. The van der Waals surface area contributed by atoms with Crippen LogP contribution in [0, 0.1) is 0 Å². The Bertz CT molecular complexity index is 3430. The van der Waals surface area contributed by atoms with E-state index in [0.717, 1.165) is 106 Å². The Morgan fingerprint density at radius 3 is 1.76 bits per heavy atom. The predicted molar refractivity (Wildman–Crippen MR) is 255 cm³/mol. The molecule has 5 nitrogen and oxygen atoms in total. The number of hydrogen-bond acceptors (Lipinski definition) is 5. The second-order valence-corrected chi connectivity index (χ2v) is 15.6. The molecule has 0 radical (unpaired) electrons. The molecular weight excluding hydrogens is 755 g/mol. The van der Waals surface area contributed by atoms with Gasteiger partial charge in [-0.1, -0.05) is 171 Å². The van der Waals surface area contributed by atoms with E-state index in [0.29, 0.717) is 5.82 Å². The minimum atomic E-state index is 0.668. The highest BCUT2D eigenvalue weighted by molar-refractivity contribution is 6.09. The van der Waals surface area contributed by atoms with Gasteiger partial charge in [0.15, 0.2) is 5.82 Å². The molecule has 4 heterocycles. The Kier molecular flexibility index (Phi) is 9.40. The van der Waals surface area contributed by atoms with Crippen molar-refractivity contribution in [3.8, 4) is 78.5 Å². The predicted octanol–water partition coefficient (Wildman–Crippen LogP) is 14.4. The fraction of sp³-hybridized carbons (Fsp3) is 0.0351. The van der Waals surface area contributed by atoms with Crippen molar-refractivity contribution < 1.29 is 0 Å². The van der Waals surface area contributed by atoms with E-state index >= 15 is 0 Å². The quantitative estimate of drug-likeness (QED) is 0.143. The topological polar surface area (TPSA) is 64.5 Å². The van der Waals surface area contributed by atoms with Crippen molar-refractivity contribution in [2.24, 2.45) is 0 Å².